The Labute approximate surface area is 231 Å². The van der Waals surface area contributed by atoms with E-state index in [2.05, 4.69) is 10.3 Å². The number of nitrogens with zero attached hydrogens (tertiary/aromatic N) is 3. The average molecular weight is 541 g/mol. The van der Waals surface area contributed by atoms with Gasteiger partial charge in [0, 0.05) is 11.9 Å². The van der Waals surface area contributed by atoms with Gasteiger partial charge >= 0.3 is 5.97 Å². The van der Waals surface area contributed by atoms with Crippen molar-refractivity contribution >= 4 is 28.8 Å². The number of allylic oxidation sites excluding steroid dienone is 1. The van der Waals surface area contributed by atoms with Gasteiger partial charge in [-0.3, -0.25) is 9.78 Å². The van der Waals surface area contributed by atoms with Gasteiger partial charge in [-0.2, -0.15) is 0 Å². The number of hydrogen-bond donors (Lipinski definition) is 1. The molecule has 3 aromatic rings. The summed E-state index contributed by atoms with van der Waals surface area (Å²) >= 11 is 1.44. The maximum absolute atomic E-state index is 13.2. The maximum Gasteiger partial charge on any atom is 0.338 e. The summed E-state index contributed by atoms with van der Waals surface area (Å²) in [6.07, 6.45) is 2.37. The van der Waals surface area contributed by atoms with Crippen LogP contribution in [0, 0.1) is 0 Å². The highest BCUT2D eigenvalue weighted by Crippen LogP contribution is 2.46. The molecular weight excluding hydrogens is 512 g/mol. The van der Waals surface area contributed by atoms with Crippen LogP contribution < -0.4 is 10.1 Å². The zero-order valence-electron chi connectivity index (χ0n) is 21.7. The topological polar surface area (TPSA) is 93.1 Å². The summed E-state index contributed by atoms with van der Waals surface area (Å²) in [4.78, 5) is 37.1. The Bertz CT molecular complexity index is 1450. The first-order chi connectivity index (χ1) is 19.1. The number of benzene rings is 2. The molecule has 0 saturated heterocycles. The summed E-state index contributed by atoms with van der Waals surface area (Å²) in [6, 6.07) is 22.2. The van der Waals surface area contributed by atoms with E-state index in [1.807, 2.05) is 90.0 Å². The number of rotatable bonds is 9. The molecule has 1 amide bonds. The number of pyridine rings is 1. The van der Waals surface area contributed by atoms with Crippen LogP contribution in [0.15, 0.2) is 106 Å². The Morgan fingerprint density at radius 2 is 1.82 bits per heavy atom. The molecule has 39 heavy (non-hydrogen) atoms. The molecule has 0 saturated carbocycles. The second-order valence-corrected chi connectivity index (χ2v) is 9.70. The highest BCUT2D eigenvalue weighted by molar-refractivity contribution is 8.16. The highest BCUT2D eigenvalue weighted by atomic mass is 32.2. The summed E-state index contributed by atoms with van der Waals surface area (Å²) in [5, 5.41) is 5.57. The number of ether oxygens (including phenoxy) is 2. The molecule has 198 valence electrons. The first-order valence-corrected chi connectivity index (χ1v) is 13.5. The molecule has 0 fully saturated rings. The van der Waals surface area contributed by atoms with Crippen LogP contribution in [-0.2, 0) is 20.9 Å². The minimum absolute atomic E-state index is 0.117. The largest absolute Gasteiger partial charge is 0.466 e. The number of para-hydroxylation sites is 1. The molecule has 0 spiro atoms. The van der Waals surface area contributed by atoms with Crippen LogP contribution in [0.25, 0.3) is 0 Å². The average Bonchev–Trinajstić information content (AvgIpc) is 3.37. The van der Waals surface area contributed by atoms with E-state index in [4.69, 9.17) is 14.5 Å². The lowest BCUT2D eigenvalue weighted by Crippen LogP contribution is -2.38. The van der Waals surface area contributed by atoms with Gasteiger partial charge in [-0.25, -0.2) is 9.79 Å². The Morgan fingerprint density at radius 1 is 1.03 bits per heavy atom. The Morgan fingerprint density at radius 3 is 2.56 bits per heavy atom. The van der Waals surface area contributed by atoms with E-state index < -0.39 is 12.0 Å². The number of esters is 1. The van der Waals surface area contributed by atoms with Gasteiger partial charge in [-0.15, -0.1) is 0 Å². The standard InChI is InChI=1S/C30H28N4O4S/c1-3-25-27(29(36)37-2)28(20-10-9-14-24(16-20)38-23-12-5-4-6-13-23)34-22(19-39-30(34)33-25)17-26(35)32-18-21-11-7-8-15-31-21/h4-16,19,28H,3,17-18H2,1-2H3,(H,32,35)/t28-/m0/s1. The van der Waals surface area contributed by atoms with E-state index in [0.717, 1.165) is 17.0 Å². The summed E-state index contributed by atoms with van der Waals surface area (Å²) in [5.41, 5.74) is 3.45. The normalized spacial score (nSPS) is 16.3. The van der Waals surface area contributed by atoms with E-state index in [9.17, 15) is 9.59 Å². The Kier molecular flexibility index (Phi) is 8.07. The van der Waals surface area contributed by atoms with E-state index in [0.29, 0.717) is 40.9 Å². The van der Waals surface area contributed by atoms with E-state index in [1.54, 1.807) is 6.20 Å². The SMILES string of the molecule is CCC1=C(C(=O)OC)[C@H](c2cccc(Oc3ccccc3)c2)N2C(CC(=O)NCc3ccccn3)=CSC2=N1. The molecule has 5 rings (SSSR count). The molecule has 0 radical (unpaired) electrons. The minimum atomic E-state index is -0.538. The summed E-state index contributed by atoms with van der Waals surface area (Å²) in [7, 11) is 1.37. The fourth-order valence-corrected chi connectivity index (χ4v) is 5.46. The third-order valence-corrected chi connectivity index (χ3v) is 7.21. The van der Waals surface area contributed by atoms with Crippen molar-refractivity contribution < 1.29 is 19.1 Å². The number of methoxy groups -OCH3 is 1. The summed E-state index contributed by atoms with van der Waals surface area (Å²) < 4.78 is 11.3. The number of fused-ring (bicyclic) bond motifs is 1. The lowest BCUT2D eigenvalue weighted by molar-refractivity contribution is -0.136. The summed E-state index contributed by atoms with van der Waals surface area (Å²) in [5.74, 6) is 0.736. The molecule has 2 aromatic carbocycles. The fraction of sp³-hybridized carbons (Fsp3) is 0.200. The maximum atomic E-state index is 13.2. The number of aromatic nitrogens is 1. The highest BCUT2D eigenvalue weighted by Gasteiger charge is 2.41. The van der Waals surface area contributed by atoms with Gasteiger partial charge in [-0.1, -0.05) is 55.1 Å². The van der Waals surface area contributed by atoms with Gasteiger partial charge in [0.25, 0.3) is 0 Å². The number of carbonyl (C=O) groups is 2. The number of amidine groups is 1. The lowest BCUT2D eigenvalue weighted by atomic mass is 9.92. The fourth-order valence-electron chi connectivity index (χ4n) is 4.52. The monoisotopic (exact) mass is 540 g/mol. The first-order valence-electron chi connectivity index (χ1n) is 12.6. The van der Waals surface area contributed by atoms with Gasteiger partial charge in [0.15, 0.2) is 5.17 Å². The van der Waals surface area contributed by atoms with Crippen LogP contribution in [0.1, 0.15) is 37.1 Å². The van der Waals surface area contributed by atoms with Crippen LogP contribution in [-0.4, -0.2) is 34.0 Å². The van der Waals surface area contributed by atoms with Crippen LogP contribution in [0.5, 0.6) is 11.5 Å². The molecule has 0 unspecified atom stereocenters. The zero-order valence-corrected chi connectivity index (χ0v) is 22.5. The quantitative estimate of drug-likeness (QED) is 0.347. The smallest absolute Gasteiger partial charge is 0.338 e. The van der Waals surface area contributed by atoms with Gasteiger partial charge in [0.1, 0.15) is 11.5 Å². The van der Waals surface area contributed by atoms with E-state index in [1.165, 1.54) is 18.9 Å². The van der Waals surface area contributed by atoms with Crippen molar-refractivity contribution in [2.24, 2.45) is 4.99 Å². The van der Waals surface area contributed by atoms with E-state index >= 15 is 0 Å². The van der Waals surface area contributed by atoms with Crippen molar-refractivity contribution in [1.82, 2.24) is 15.2 Å². The molecule has 1 N–H and O–H groups in total. The molecule has 0 bridgehead atoms. The molecule has 3 heterocycles. The van der Waals surface area contributed by atoms with Crippen LogP contribution in [0.2, 0.25) is 0 Å². The number of thioether (sulfide) groups is 1. The third-order valence-electron chi connectivity index (χ3n) is 6.32. The number of carbonyl (C=O) groups excluding carboxylic acids is 2. The zero-order chi connectivity index (χ0) is 27.2. The van der Waals surface area contributed by atoms with Crippen LogP contribution in [0.3, 0.4) is 0 Å². The first kappa shape index (κ1) is 26.2. The molecule has 9 heteroatoms. The van der Waals surface area contributed by atoms with Crippen molar-refractivity contribution in [2.45, 2.75) is 32.4 Å². The lowest BCUT2D eigenvalue weighted by Gasteiger charge is -2.36. The molecule has 1 atom stereocenters. The Balaban J connectivity index is 1.46. The van der Waals surface area contributed by atoms with Crippen molar-refractivity contribution in [1.29, 1.82) is 0 Å². The van der Waals surface area contributed by atoms with Gasteiger partial charge in [-0.05, 0) is 53.8 Å². The molecule has 2 aliphatic rings. The predicted molar refractivity (Wildman–Crippen MR) is 151 cm³/mol. The molecule has 8 nitrogen and oxygen atoms in total. The number of aliphatic imine (C=N–C) groups is 1. The van der Waals surface area contributed by atoms with Gasteiger partial charge < -0.3 is 19.7 Å². The molecule has 2 aliphatic heterocycles. The van der Waals surface area contributed by atoms with E-state index in [-0.39, 0.29) is 12.3 Å². The van der Waals surface area contributed by atoms with Gasteiger partial charge in [0.2, 0.25) is 5.91 Å². The Hall–Kier alpha value is -4.37. The van der Waals surface area contributed by atoms with Crippen LogP contribution >= 0.6 is 11.8 Å². The molecule has 1 aromatic heterocycles. The molecular formula is C30H28N4O4S. The second kappa shape index (κ2) is 12.0. The predicted octanol–water partition coefficient (Wildman–Crippen LogP) is 5.72. The van der Waals surface area contributed by atoms with Crippen molar-refractivity contribution in [3.63, 3.8) is 0 Å². The third kappa shape index (κ3) is 5.88. The van der Waals surface area contributed by atoms with Crippen molar-refractivity contribution in [2.75, 3.05) is 7.11 Å². The minimum Gasteiger partial charge on any atom is -0.466 e. The summed E-state index contributed by atoms with van der Waals surface area (Å²) in [6.45, 7) is 2.29. The second-order valence-electron chi connectivity index (χ2n) is 8.86. The number of hydrogen-bond acceptors (Lipinski definition) is 8. The van der Waals surface area contributed by atoms with Gasteiger partial charge in [0.05, 0.1) is 43.1 Å². The van der Waals surface area contributed by atoms with Crippen molar-refractivity contribution in [3.05, 3.63) is 113 Å². The molecule has 0 aliphatic carbocycles. The van der Waals surface area contributed by atoms with Crippen molar-refractivity contribution in [3.8, 4) is 11.5 Å². The number of amides is 1. The number of nitrogens with one attached hydrogen (secondary N) is 1. The van der Waals surface area contributed by atoms with Crippen LogP contribution in [0.4, 0.5) is 0 Å².